The molecule has 0 unspecified atom stereocenters. The van der Waals surface area contributed by atoms with Crippen molar-refractivity contribution in [3.8, 4) is 10.6 Å². The molecular formula is C14H16N2OS2. The van der Waals surface area contributed by atoms with Crippen molar-refractivity contribution >= 4 is 32.1 Å². The lowest BCUT2D eigenvalue weighted by Gasteiger charge is -1.98. The summed E-state index contributed by atoms with van der Waals surface area (Å²) in [5.41, 5.74) is 0. The minimum Gasteiger partial charge on any atom is -0.440 e. The number of hydrogen-bond acceptors (Lipinski definition) is 5. The van der Waals surface area contributed by atoms with E-state index in [-0.39, 0.29) is 0 Å². The number of fused-ring (bicyclic) bond motifs is 1. The molecule has 0 atom stereocenters. The third-order valence-electron chi connectivity index (χ3n) is 2.88. The van der Waals surface area contributed by atoms with E-state index in [0.29, 0.717) is 0 Å². The van der Waals surface area contributed by atoms with Crippen molar-refractivity contribution < 1.29 is 4.42 Å². The summed E-state index contributed by atoms with van der Waals surface area (Å²) < 4.78 is 8.46. The van der Waals surface area contributed by atoms with Crippen molar-refractivity contribution in [1.29, 1.82) is 0 Å². The first kappa shape index (κ1) is 12.8. The van der Waals surface area contributed by atoms with Crippen LogP contribution in [0.25, 0.3) is 20.0 Å². The minimum atomic E-state index is 0.815. The normalized spacial score (nSPS) is 11.4. The Bertz CT molecular complexity index is 625. The molecule has 1 N–H and O–H groups in total. The first-order valence-corrected chi connectivity index (χ1v) is 8.19. The highest BCUT2D eigenvalue weighted by Crippen LogP contribution is 2.36. The largest absolute Gasteiger partial charge is 0.440 e. The second kappa shape index (κ2) is 5.86. The Balaban J connectivity index is 1.68. The summed E-state index contributed by atoms with van der Waals surface area (Å²) in [6.07, 6.45) is 3.84. The lowest BCUT2D eigenvalue weighted by atomic mass is 10.4. The summed E-state index contributed by atoms with van der Waals surface area (Å²) in [7, 11) is 0. The Morgan fingerprint density at radius 3 is 3.11 bits per heavy atom. The number of aromatic nitrogens is 1. The molecule has 0 aliphatic carbocycles. The van der Waals surface area contributed by atoms with Crippen LogP contribution in [0.3, 0.4) is 0 Å². The van der Waals surface area contributed by atoms with Crippen LogP contribution in [0.15, 0.2) is 28.1 Å². The van der Waals surface area contributed by atoms with Crippen molar-refractivity contribution in [1.82, 2.24) is 10.3 Å². The average molecular weight is 292 g/mol. The standard InChI is InChI=1S/C14H16N2OS2/c1-2-5-15-6-3-14-16-9-10(17-14)12-8-13-11(19-12)4-7-18-13/h4,7-9,15H,2-3,5-6H2,1H3. The van der Waals surface area contributed by atoms with Crippen LogP contribution in [-0.4, -0.2) is 18.1 Å². The van der Waals surface area contributed by atoms with Crippen LogP contribution in [0.4, 0.5) is 0 Å². The fraction of sp³-hybridized carbons (Fsp3) is 0.357. The van der Waals surface area contributed by atoms with Gasteiger partial charge in [0.25, 0.3) is 0 Å². The first-order chi connectivity index (χ1) is 9.36. The monoisotopic (exact) mass is 292 g/mol. The van der Waals surface area contributed by atoms with Crippen LogP contribution in [0.2, 0.25) is 0 Å². The van der Waals surface area contributed by atoms with Crippen molar-refractivity contribution in [2.24, 2.45) is 0 Å². The van der Waals surface area contributed by atoms with E-state index in [0.717, 1.165) is 37.6 Å². The van der Waals surface area contributed by atoms with E-state index in [9.17, 15) is 0 Å². The van der Waals surface area contributed by atoms with Crippen molar-refractivity contribution in [3.05, 3.63) is 29.6 Å². The zero-order chi connectivity index (χ0) is 13.1. The predicted molar refractivity (Wildman–Crippen MR) is 82.1 cm³/mol. The Labute approximate surface area is 120 Å². The molecule has 0 amide bonds. The molecule has 0 saturated carbocycles. The molecule has 3 aromatic rings. The van der Waals surface area contributed by atoms with E-state index in [1.807, 2.05) is 6.20 Å². The van der Waals surface area contributed by atoms with Gasteiger partial charge in [-0.2, -0.15) is 0 Å². The minimum absolute atomic E-state index is 0.815. The van der Waals surface area contributed by atoms with Gasteiger partial charge in [-0.3, -0.25) is 0 Å². The predicted octanol–water partition coefficient (Wildman–Crippen LogP) is 4.16. The summed E-state index contributed by atoms with van der Waals surface area (Å²) in [5.74, 6) is 1.70. The van der Waals surface area contributed by atoms with Gasteiger partial charge in [-0.25, -0.2) is 4.98 Å². The zero-order valence-corrected chi connectivity index (χ0v) is 12.4. The van der Waals surface area contributed by atoms with Gasteiger partial charge in [0.15, 0.2) is 11.7 Å². The van der Waals surface area contributed by atoms with Gasteiger partial charge in [0.1, 0.15) is 0 Å². The molecule has 3 heterocycles. The molecule has 5 heteroatoms. The molecule has 0 aliphatic heterocycles. The van der Waals surface area contributed by atoms with Gasteiger partial charge in [-0.15, -0.1) is 22.7 Å². The van der Waals surface area contributed by atoms with Crippen LogP contribution < -0.4 is 5.32 Å². The summed E-state index contributed by atoms with van der Waals surface area (Å²) in [6, 6.07) is 4.34. The summed E-state index contributed by atoms with van der Waals surface area (Å²) in [6.45, 7) is 4.14. The zero-order valence-electron chi connectivity index (χ0n) is 10.8. The van der Waals surface area contributed by atoms with Crippen molar-refractivity contribution in [2.45, 2.75) is 19.8 Å². The maximum absolute atomic E-state index is 5.81. The molecule has 0 fully saturated rings. The van der Waals surface area contributed by atoms with Gasteiger partial charge in [-0.1, -0.05) is 6.92 Å². The highest BCUT2D eigenvalue weighted by Gasteiger charge is 2.10. The van der Waals surface area contributed by atoms with Crippen LogP contribution >= 0.6 is 22.7 Å². The van der Waals surface area contributed by atoms with Crippen LogP contribution in [0, 0.1) is 0 Å². The highest BCUT2D eigenvalue weighted by atomic mass is 32.1. The van der Waals surface area contributed by atoms with Crippen LogP contribution in [0.1, 0.15) is 19.2 Å². The Hall–Kier alpha value is -1.17. The lowest BCUT2D eigenvalue weighted by molar-refractivity contribution is 0.496. The number of hydrogen-bond donors (Lipinski definition) is 1. The number of nitrogens with one attached hydrogen (secondary N) is 1. The third-order valence-corrected chi connectivity index (χ3v) is 4.99. The number of rotatable bonds is 6. The second-order valence-corrected chi connectivity index (χ2v) is 6.41. The number of nitrogens with zero attached hydrogens (tertiary/aromatic N) is 1. The van der Waals surface area contributed by atoms with E-state index in [2.05, 4.69) is 34.7 Å². The Kier molecular flexibility index (Phi) is 3.96. The van der Waals surface area contributed by atoms with Gasteiger partial charge in [0.2, 0.25) is 0 Å². The molecule has 0 bridgehead atoms. The van der Waals surface area contributed by atoms with Crippen molar-refractivity contribution in [2.75, 3.05) is 13.1 Å². The van der Waals surface area contributed by atoms with Gasteiger partial charge in [-0.05, 0) is 30.5 Å². The fourth-order valence-corrected chi connectivity index (χ4v) is 3.98. The fourth-order valence-electron chi connectivity index (χ4n) is 1.92. The molecule has 3 aromatic heterocycles. The Morgan fingerprint density at radius 1 is 1.32 bits per heavy atom. The maximum atomic E-state index is 5.81. The average Bonchev–Trinajstić information content (AvgIpc) is 3.08. The maximum Gasteiger partial charge on any atom is 0.196 e. The van der Waals surface area contributed by atoms with Crippen LogP contribution in [-0.2, 0) is 6.42 Å². The summed E-state index contributed by atoms with van der Waals surface area (Å²) in [4.78, 5) is 5.52. The molecular weight excluding hydrogens is 276 g/mol. The Morgan fingerprint density at radius 2 is 2.26 bits per heavy atom. The third kappa shape index (κ3) is 2.88. The molecule has 3 rings (SSSR count). The van der Waals surface area contributed by atoms with Gasteiger partial charge in [0, 0.05) is 22.4 Å². The SMILES string of the molecule is CCCNCCc1ncc(-c2cc3sccc3s2)o1. The number of thiophene rings is 2. The molecule has 0 radical (unpaired) electrons. The van der Waals surface area contributed by atoms with E-state index >= 15 is 0 Å². The van der Waals surface area contributed by atoms with E-state index < -0.39 is 0 Å². The lowest BCUT2D eigenvalue weighted by Crippen LogP contribution is -2.17. The molecule has 3 nitrogen and oxygen atoms in total. The van der Waals surface area contributed by atoms with Gasteiger partial charge < -0.3 is 9.73 Å². The molecule has 19 heavy (non-hydrogen) atoms. The number of oxazole rings is 1. The van der Waals surface area contributed by atoms with E-state index in [4.69, 9.17) is 4.42 Å². The first-order valence-electron chi connectivity index (χ1n) is 6.49. The molecule has 0 aromatic carbocycles. The van der Waals surface area contributed by atoms with Crippen LogP contribution in [0.5, 0.6) is 0 Å². The second-order valence-electron chi connectivity index (χ2n) is 4.38. The topological polar surface area (TPSA) is 38.1 Å². The molecule has 0 spiro atoms. The quantitative estimate of drug-likeness (QED) is 0.693. The van der Waals surface area contributed by atoms with Gasteiger partial charge >= 0.3 is 0 Å². The summed E-state index contributed by atoms with van der Waals surface area (Å²) in [5, 5.41) is 5.48. The van der Waals surface area contributed by atoms with E-state index in [1.165, 1.54) is 14.3 Å². The van der Waals surface area contributed by atoms with E-state index in [1.54, 1.807) is 22.7 Å². The molecule has 0 saturated heterocycles. The van der Waals surface area contributed by atoms with Crippen molar-refractivity contribution in [3.63, 3.8) is 0 Å². The highest BCUT2D eigenvalue weighted by molar-refractivity contribution is 7.28. The smallest absolute Gasteiger partial charge is 0.196 e. The molecule has 100 valence electrons. The summed E-state index contributed by atoms with van der Waals surface area (Å²) >= 11 is 3.53. The molecule has 0 aliphatic rings. The van der Waals surface area contributed by atoms with Gasteiger partial charge in [0.05, 0.1) is 11.1 Å².